The van der Waals surface area contributed by atoms with Crippen molar-refractivity contribution in [3.8, 4) is 0 Å². The lowest BCUT2D eigenvalue weighted by molar-refractivity contribution is -0.109. The summed E-state index contributed by atoms with van der Waals surface area (Å²) in [5, 5.41) is 0. The molecule has 1 rings (SSSR count). The average Bonchev–Trinajstić information content (AvgIpc) is 2.61. The van der Waals surface area contributed by atoms with Crippen LogP contribution < -0.4 is 0 Å². The molecule has 1 saturated carbocycles. The molecule has 1 fully saturated rings. The molecule has 2 atom stereocenters. The zero-order valence-corrected chi connectivity index (χ0v) is 8.26. The molecule has 0 aliphatic heterocycles. The van der Waals surface area contributed by atoms with E-state index in [0.717, 1.165) is 19.1 Å². The Kier molecular flexibility index (Phi) is 2.71. The predicted molar refractivity (Wildman–Crippen MR) is 50.9 cm³/mol. The maximum atomic E-state index is 10.5. The fourth-order valence-corrected chi connectivity index (χ4v) is 1.63. The largest absolute Gasteiger partial charge is 0.303 e. The van der Waals surface area contributed by atoms with Crippen molar-refractivity contribution in [3.63, 3.8) is 0 Å². The normalized spacial score (nSPS) is 32.8. The summed E-state index contributed by atoms with van der Waals surface area (Å²) in [4.78, 5) is 10.5. The summed E-state index contributed by atoms with van der Waals surface area (Å²) in [7, 11) is 0. The molecule has 0 N–H and O–H groups in total. The fraction of sp³-hybridized carbons (Fsp3) is 0.727. The maximum absolute atomic E-state index is 10.5. The molecule has 0 saturated heterocycles. The Bertz CT molecular complexity index is 201. The van der Waals surface area contributed by atoms with Crippen LogP contribution in [0.3, 0.4) is 0 Å². The highest BCUT2D eigenvalue weighted by Crippen LogP contribution is 2.54. The first kappa shape index (κ1) is 9.50. The molecular formula is C11H18O. The number of carbonyl (C=O) groups is 1. The van der Waals surface area contributed by atoms with Crippen LogP contribution in [0, 0.1) is 11.3 Å². The van der Waals surface area contributed by atoms with E-state index in [9.17, 15) is 4.79 Å². The minimum absolute atomic E-state index is 0.341. The van der Waals surface area contributed by atoms with Crippen LogP contribution >= 0.6 is 0 Å². The smallest absolute Gasteiger partial charge is 0.123 e. The van der Waals surface area contributed by atoms with Gasteiger partial charge in [0.2, 0.25) is 0 Å². The first-order chi connectivity index (χ1) is 5.58. The van der Waals surface area contributed by atoms with E-state index in [1.807, 2.05) is 0 Å². The summed E-state index contributed by atoms with van der Waals surface area (Å²) in [5.41, 5.74) is 1.72. The van der Waals surface area contributed by atoms with E-state index in [4.69, 9.17) is 0 Å². The molecule has 1 aliphatic rings. The van der Waals surface area contributed by atoms with Crippen LogP contribution in [0.4, 0.5) is 0 Å². The second-order valence-corrected chi connectivity index (χ2v) is 4.42. The summed E-state index contributed by atoms with van der Waals surface area (Å²) in [6.07, 6.45) is 6.77. The number of carbonyl (C=O) groups excluding carboxylic acids is 1. The van der Waals surface area contributed by atoms with E-state index < -0.39 is 0 Å². The highest BCUT2D eigenvalue weighted by atomic mass is 16.1. The zero-order chi connectivity index (χ0) is 9.19. The summed E-state index contributed by atoms with van der Waals surface area (Å²) in [6.45, 7) is 6.45. The van der Waals surface area contributed by atoms with Crippen LogP contribution in [0.1, 0.15) is 40.0 Å². The van der Waals surface area contributed by atoms with Crippen molar-refractivity contribution in [3.05, 3.63) is 11.6 Å². The molecule has 0 radical (unpaired) electrons. The molecule has 0 amide bonds. The van der Waals surface area contributed by atoms with Crippen molar-refractivity contribution < 1.29 is 4.79 Å². The van der Waals surface area contributed by atoms with Crippen LogP contribution in [0.5, 0.6) is 0 Å². The summed E-state index contributed by atoms with van der Waals surface area (Å²) in [6, 6.07) is 0. The van der Waals surface area contributed by atoms with E-state index in [0.29, 0.717) is 11.3 Å². The van der Waals surface area contributed by atoms with Crippen molar-refractivity contribution in [2.45, 2.75) is 40.0 Å². The standard InChI is InChI=1S/C11H18O/c1-9(2)5-4-6-11(3)7-10(11)8-12/h5,8,10H,4,6-7H2,1-3H3/t10-,11-/m1/s1. The summed E-state index contributed by atoms with van der Waals surface area (Å²) >= 11 is 0. The van der Waals surface area contributed by atoms with Crippen molar-refractivity contribution >= 4 is 6.29 Å². The highest BCUT2D eigenvalue weighted by molar-refractivity contribution is 5.59. The van der Waals surface area contributed by atoms with Gasteiger partial charge in [-0.25, -0.2) is 0 Å². The lowest BCUT2D eigenvalue weighted by atomic mass is 9.99. The molecule has 0 aromatic rings. The molecule has 0 unspecified atom stereocenters. The lowest BCUT2D eigenvalue weighted by Gasteiger charge is -2.05. The number of rotatable bonds is 4. The van der Waals surface area contributed by atoms with Gasteiger partial charge in [-0.3, -0.25) is 0 Å². The lowest BCUT2D eigenvalue weighted by Crippen LogP contribution is -1.97. The van der Waals surface area contributed by atoms with E-state index in [1.165, 1.54) is 12.0 Å². The Balaban J connectivity index is 2.25. The number of hydrogen-bond donors (Lipinski definition) is 0. The van der Waals surface area contributed by atoms with Crippen molar-refractivity contribution in [2.24, 2.45) is 11.3 Å². The number of aldehydes is 1. The molecule has 0 aromatic carbocycles. The van der Waals surface area contributed by atoms with Gasteiger partial charge in [-0.15, -0.1) is 0 Å². The van der Waals surface area contributed by atoms with Gasteiger partial charge in [-0.2, -0.15) is 0 Å². The van der Waals surface area contributed by atoms with Crippen LogP contribution in [-0.2, 0) is 4.79 Å². The SMILES string of the molecule is CC(C)=CCC[C@]1(C)C[C@@H]1C=O. The van der Waals surface area contributed by atoms with Crippen LogP contribution in [0.15, 0.2) is 11.6 Å². The third-order valence-electron chi connectivity index (χ3n) is 2.85. The van der Waals surface area contributed by atoms with Gasteiger partial charge in [0.15, 0.2) is 0 Å². The fourth-order valence-electron chi connectivity index (χ4n) is 1.63. The first-order valence-corrected chi connectivity index (χ1v) is 4.67. The topological polar surface area (TPSA) is 17.1 Å². The second kappa shape index (κ2) is 3.42. The predicted octanol–water partition coefficient (Wildman–Crippen LogP) is 2.96. The van der Waals surface area contributed by atoms with Crippen molar-refractivity contribution in [2.75, 3.05) is 0 Å². The van der Waals surface area contributed by atoms with Crippen molar-refractivity contribution in [1.82, 2.24) is 0 Å². The summed E-state index contributed by atoms with van der Waals surface area (Å²) in [5.74, 6) is 0.350. The van der Waals surface area contributed by atoms with E-state index in [-0.39, 0.29) is 0 Å². The molecule has 0 bridgehead atoms. The highest BCUT2D eigenvalue weighted by Gasteiger charge is 2.48. The molecule has 0 spiro atoms. The molecule has 12 heavy (non-hydrogen) atoms. The Hall–Kier alpha value is -0.590. The van der Waals surface area contributed by atoms with Gasteiger partial charge in [0.05, 0.1) is 0 Å². The van der Waals surface area contributed by atoms with Crippen LogP contribution in [0.2, 0.25) is 0 Å². The van der Waals surface area contributed by atoms with Gasteiger partial charge in [0.1, 0.15) is 6.29 Å². The number of hydrogen-bond acceptors (Lipinski definition) is 1. The Morgan fingerprint density at radius 2 is 2.25 bits per heavy atom. The Morgan fingerprint density at radius 1 is 1.58 bits per heavy atom. The van der Waals surface area contributed by atoms with Crippen LogP contribution in [0.25, 0.3) is 0 Å². The third kappa shape index (κ3) is 2.20. The monoisotopic (exact) mass is 166 g/mol. The van der Waals surface area contributed by atoms with Gasteiger partial charge >= 0.3 is 0 Å². The Morgan fingerprint density at radius 3 is 2.67 bits per heavy atom. The van der Waals surface area contributed by atoms with Crippen LogP contribution in [-0.4, -0.2) is 6.29 Å². The molecule has 0 heterocycles. The van der Waals surface area contributed by atoms with Crippen molar-refractivity contribution in [1.29, 1.82) is 0 Å². The van der Waals surface area contributed by atoms with Gasteiger partial charge in [0, 0.05) is 5.92 Å². The second-order valence-electron chi connectivity index (χ2n) is 4.42. The summed E-state index contributed by atoms with van der Waals surface area (Å²) < 4.78 is 0. The van der Waals surface area contributed by atoms with E-state index in [2.05, 4.69) is 26.8 Å². The first-order valence-electron chi connectivity index (χ1n) is 4.67. The maximum Gasteiger partial charge on any atom is 0.123 e. The molecule has 1 aliphatic carbocycles. The average molecular weight is 166 g/mol. The van der Waals surface area contributed by atoms with E-state index in [1.54, 1.807) is 0 Å². The molecule has 68 valence electrons. The van der Waals surface area contributed by atoms with Gasteiger partial charge < -0.3 is 4.79 Å². The minimum atomic E-state index is 0.341. The molecule has 1 nitrogen and oxygen atoms in total. The quantitative estimate of drug-likeness (QED) is 0.463. The molecule has 0 aromatic heterocycles. The number of allylic oxidation sites excluding steroid dienone is 2. The van der Waals surface area contributed by atoms with Gasteiger partial charge in [-0.05, 0) is 38.5 Å². The minimum Gasteiger partial charge on any atom is -0.303 e. The van der Waals surface area contributed by atoms with Gasteiger partial charge in [-0.1, -0.05) is 18.6 Å². The Labute approximate surface area is 74.9 Å². The van der Waals surface area contributed by atoms with E-state index >= 15 is 0 Å². The molecule has 1 heteroatoms. The van der Waals surface area contributed by atoms with Gasteiger partial charge in [0.25, 0.3) is 0 Å². The molecular weight excluding hydrogens is 148 g/mol. The third-order valence-corrected chi connectivity index (χ3v) is 2.85. The zero-order valence-electron chi connectivity index (χ0n) is 8.26.